The van der Waals surface area contributed by atoms with Crippen LogP contribution in [-0.2, 0) is 11.2 Å². The predicted molar refractivity (Wildman–Crippen MR) is 82.0 cm³/mol. The number of aliphatic carboxylic acids is 1. The smallest absolute Gasteiger partial charge is 0.309 e. The molecular formula is C17H22ClFO2. The zero-order valence-corrected chi connectivity index (χ0v) is 13.1. The van der Waals surface area contributed by atoms with Gasteiger partial charge in [-0.05, 0) is 61.8 Å². The van der Waals surface area contributed by atoms with Crippen LogP contribution in [0.2, 0.25) is 5.02 Å². The minimum absolute atomic E-state index is 0.230. The second-order valence-electron chi connectivity index (χ2n) is 6.23. The Hall–Kier alpha value is -1.09. The molecule has 0 saturated heterocycles. The Kier molecular flexibility index (Phi) is 5.26. The molecule has 0 bridgehead atoms. The van der Waals surface area contributed by atoms with Crippen LogP contribution < -0.4 is 0 Å². The number of hydrogen-bond acceptors (Lipinski definition) is 1. The molecule has 2 nitrogen and oxygen atoms in total. The first kappa shape index (κ1) is 16.3. The van der Waals surface area contributed by atoms with E-state index in [0.29, 0.717) is 29.3 Å². The van der Waals surface area contributed by atoms with E-state index < -0.39 is 11.4 Å². The lowest BCUT2D eigenvalue weighted by Gasteiger charge is -2.37. The van der Waals surface area contributed by atoms with Crippen molar-refractivity contribution in [2.45, 2.75) is 51.9 Å². The van der Waals surface area contributed by atoms with Gasteiger partial charge in [0.2, 0.25) is 0 Å². The number of carboxylic acid groups (broad SMARTS) is 1. The van der Waals surface area contributed by atoms with Gasteiger partial charge in [-0.25, -0.2) is 4.39 Å². The summed E-state index contributed by atoms with van der Waals surface area (Å²) >= 11 is 5.91. The molecule has 4 heteroatoms. The molecule has 0 aromatic heterocycles. The van der Waals surface area contributed by atoms with Gasteiger partial charge in [0.25, 0.3) is 0 Å². The summed E-state index contributed by atoms with van der Waals surface area (Å²) in [5, 5.41) is 10.1. The number of rotatable bonds is 5. The molecule has 21 heavy (non-hydrogen) atoms. The van der Waals surface area contributed by atoms with Crippen molar-refractivity contribution in [1.29, 1.82) is 0 Å². The molecule has 1 aromatic carbocycles. The van der Waals surface area contributed by atoms with Crippen molar-refractivity contribution in [3.05, 3.63) is 34.6 Å². The van der Waals surface area contributed by atoms with Crippen LogP contribution in [0.15, 0.2) is 18.2 Å². The van der Waals surface area contributed by atoms with Crippen LogP contribution in [0.1, 0.15) is 51.0 Å². The number of hydrogen-bond donors (Lipinski definition) is 1. The fourth-order valence-corrected chi connectivity index (χ4v) is 3.63. The summed E-state index contributed by atoms with van der Waals surface area (Å²) in [6.45, 7) is 2.15. The van der Waals surface area contributed by atoms with Crippen LogP contribution in [0, 0.1) is 17.2 Å². The van der Waals surface area contributed by atoms with E-state index in [1.165, 1.54) is 12.1 Å². The molecule has 116 valence electrons. The molecule has 0 unspecified atom stereocenters. The average molecular weight is 313 g/mol. The largest absolute Gasteiger partial charge is 0.481 e. The normalized spacial score (nSPS) is 25.8. The summed E-state index contributed by atoms with van der Waals surface area (Å²) in [6, 6.07) is 4.36. The minimum Gasteiger partial charge on any atom is -0.481 e. The highest BCUT2D eigenvalue weighted by Gasteiger charge is 2.42. The van der Waals surface area contributed by atoms with E-state index in [1.54, 1.807) is 6.07 Å². The van der Waals surface area contributed by atoms with E-state index >= 15 is 0 Å². The van der Waals surface area contributed by atoms with Crippen molar-refractivity contribution in [2.75, 3.05) is 0 Å². The van der Waals surface area contributed by atoms with E-state index in [4.69, 9.17) is 11.6 Å². The zero-order valence-electron chi connectivity index (χ0n) is 12.4. The van der Waals surface area contributed by atoms with Crippen LogP contribution in [0.3, 0.4) is 0 Å². The molecule has 0 spiro atoms. The van der Waals surface area contributed by atoms with Gasteiger partial charge in [-0.2, -0.15) is 0 Å². The van der Waals surface area contributed by atoms with E-state index in [0.717, 1.165) is 25.7 Å². The molecule has 0 radical (unpaired) electrons. The molecule has 1 N–H and O–H groups in total. The first-order chi connectivity index (χ1) is 9.97. The maximum Gasteiger partial charge on any atom is 0.309 e. The van der Waals surface area contributed by atoms with Gasteiger partial charge in [-0.1, -0.05) is 31.4 Å². The zero-order chi connectivity index (χ0) is 15.5. The lowest BCUT2D eigenvalue weighted by molar-refractivity contribution is -0.151. The highest BCUT2D eigenvalue weighted by atomic mass is 35.5. The van der Waals surface area contributed by atoms with Crippen LogP contribution in [0.4, 0.5) is 4.39 Å². The Morgan fingerprint density at radius 1 is 1.43 bits per heavy atom. The highest BCUT2D eigenvalue weighted by Crippen LogP contribution is 2.43. The van der Waals surface area contributed by atoms with Gasteiger partial charge in [-0.3, -0.25) is 4.79 Å². The van der Waals surface area contributed by atoms with Gasteiger partial charge in [0, 0.05) is 5.02 Å². The molecule has 2 rings (SSSR count). The number of benzene rings is 1. The predicted octanol–water partition coefficient (Wildman–Crippen LogP) is 5.08. The lowest BCUT2D eigenvalue weighted by Crippen LogP contribution is -2.37. The van der Waals surface area contributed by atoms with Crippen LogP contribution in [-0.4, -0.2) is 11.1 Å². The van der Waals surface area contributed by atoms with Crippen molar-refractivity contribution < 1.29 is 14.3 Å². The first-order valence-electron chi connectivity index (χ1n) is 7.64. The summed E-state index contributed by atoms with van der Waals surface area (Å²) in [7, 11) is 0. The van der Waals surface area contributed by atoms with Crippen LogP contribution >= 0.6 is 11.6 Å². The summed E-state index contributed by atoms with van der Waals surface area (Å²) in [4.78, 5) is 11.8. The molecular weight excluding hydrogens is 291 g/mol. The topological polar surface area (TPSA) is 37.3 Å². The van der Waals surface area contributed by atoms with Gasteiger partial charge < -0.3 is 5.11 Å². The Bertz CT molecular complexity index is 508. The Morgan fingerprint density at radius 2 is 2.10 bits per heavy atom. The van der Waals surface area contributed by atoms with Crippen molar-refractivity contribution >= 4 is 17.6 Å². The molecule has 0 amide bonds. The second kappa shape index (κ2) is 6.78. The molecule has 0 heterocycles. The van der Waals surface area contributed by atoms with Crippen molar-refractivity contribution in [1.82, 2.24) is 0 Å². The molecule has 1 aromatic rings. The van der Waals surface area contributed by atoms with Crippen molar-refractivity contribution in [2.24, 2.45) is 11.3 Å². The van der Waals surface area contributed by atoms with Crippen LogP contribution in [0.25, 0.3) is 0 Å². The summed E-state index contributed by atoms with van der Waals surface area (Å²) in [5.41, 5.74) is -0.422. The third-order valence-electron chi connectivity index (χ3n) is 4.75. The average Bonchev–Trinajstić information content (AvgIpc) is 2.45. The van der Waals surface area contributed by atoms with Gasteiger partial charge in [0.1, 0.15) is 5.82 Å². The Morgan fingerprint density at radius 3 is 2.67 bits per heavy atom. The molecule has 1 aliphatic rings. The monoisotopic (exact) mass is 312 g/mol. The maximum atomic E-state index is 13.9. The standard InChI is InChI=1S/C17H22ClFO2/c1-2-3-12-6-8-17(9-7-12,16(20)21)11-13-10-14(18)4-5-15(13)19/h4-5,10,12H,2-3,6-9,11H2,1H3,(H,20,21). The molecule has 0 atom stereocenters. The molecule has 1 saturated carbocycles. The lowest BCUT2D eigenvalue weighted by atomic mass is 9.66. The van der Waals surface area contributed by atoms with E-state index in [9.17, 15) is 14.3 Å². The molecule has 1 aliphatic carbocycles. The van der Waals surface area contributed by atoms with Crippen molar-refractivity contribution in [3.63, 3.8) is 0 Å². The summed E-state index contributed by atoms with van der Waals surface area (Å²) in [6.07, 6.45) is 5.60. The van der Waals surface area contributed by atoms with Crippen molar-refractivity contribution in [3.8, 4) is 0 Å². The van der Waals surface area contributed by atoms with E-state index in [-0.39, 0.29) is 12.2 Å². The SMILES string of the molecule is CCCC1CCC(Cc2cc(Cl)ccc2F)(C(=O)O)CC1. The Labute approximate surface area is 130 Å². The minimum atomic E-state index is -0.838. The fourth-order valence-electron chi connectivity index (χ4n) is 3.44. The third kappa shape index (κ3) is 3.76. The second-order valence-corrected chi connectivity index (χ2v) is 6.67. The summed E-state index contributed by atoms with van der Waals surface area (Å²) < 4.78 is 13.9. The number of carbonyl (C=O) groups is 1. The molecule has 1 fully saturated rings. The van der Waals surface area contributed by atoms with E-state index in [2.05, 4.69) is 6.92 Å². The van der Waals surface area contributed by atoms with Gasteiger partial charge in [0.05, 0.1) is 5.41 Å². The van der Waals surface area contributed by atoms with Gasteiger partial charge in [0.15, 0.2) is 0 Å². The van der Waals surface area contributed by atoms with Gasteiger partial charge in [-0.15, -0.1) is 0 Å². The number of halogens is 2. The molecule has 0 aliphatic heterocycles. The highest BCUT2D eigenvalue weighted by molar-refractivity contribution is 6.30. The van der Waals surface area contributed by atoms with Gasteiger partial charge >= 0.3 is 5.97 Å². The van der Waals surface area contributed by atoms with Crippen LogP contribution in [0.5, 0.6) is 0 Å². The summed E-state index contributed by atoms with van der Waals surface area (Å²) in [5.74, 6) is -0.556. The quantitative estimate of drug-likeness (QED) is 0.823. The fraction of sp³-hybridized carbons (Fsp3) is 0.588. The maximum absolute atomic E-state index is 13.9. The number of carboxylic acids is 1. The Balaban J connectivity index is 2.17. The van der Waals surface area contributed by atoms with E-state index in [1.807, 2.05) is 0 Å². The first-order valence-corrected chi connectivity index (χ1v) is 8.02. The third-order valence-corrected chi connectivity index (χ3v) is 4.98.